The van der Waals surface area contributed by atoms with E-state index in [1.54, 1.807) is 42.5 Å². The first-order chi connectivity index (χ1) is 20.3. The Hall–Kier alpha value is -5.01. The van der Waals surface area contributed by atoms with Crippen LogP contribution in [0.1, 0.15) is 51.4 Å². The normalized spacial score (nSPS) is 12.9. The molecule has 7 heteroatoms. The number of rotatable bonds is 12. The minimum atomic E-state index is -0.633. The number of methoxy groups -OCH3 is 1. The lowest BCUT2D eigenvalue weighted by Gasteiger charge is -2.20. The number of phenols is 4. The molecular formula is C35H34O7. The van der Waals surface area contributed by atoms with Gasteiger partial charge in [0, 0.05) is 17.5 Å². The van der Waals surface area contributed by atoms with Gasteiger partial charge in [0.15, 0.2) is 5.78 Å². The fourth-order valence-corrected chi connectivity index (χ4v) is 4.71. The number of benzene rings is 4. The zero-order valence-corrected chi connectivity index (χ0v) is 23.2. The van der Waals surface area contributed by atoms with E-state index in [-0.39, 0.29) is 34.1 Å². The van der Waals surface area contributed by atoms with Crippen LogP contribution >= 0.6 is 0 Å². The van der Waals surface area contributed by atoms with Gasteiger partial charge in [0.2, 0.25) is 0 Å². The Bertz CT molecular complexity index is 1540. The highest BCUT2D eigenvalue weighted by molar-refractivity contribution is 6.11. The van der Waals surface area contributed by atoms with Crippen LogP contribution in [-0.2, 0) is 6.42 Å². The molecular weight excluding hydrogens is 532 g/mol. The van der Waals surface area contributed by atoms with Gasteiger partial charge in [-0.05, 0) is 66.3 Å². The maximum atomic E-state index is 13.3. The van der Waals surface area contributed by atoms with E-state index in [2.05, 4.69) is 0 Å². The molecule has 5 N–H and O–H groups in total. The number of ether oxygens (including phenoxy) is 1. The smallest absolute Gasteiger partial charge is 0.193 e. The Balaban J connectivity index is 1.62. The monoisotopic (exact) mass is 566 g/mol. The summed E-state index contributed by atoms with van der Waals surface area (Å²) >= 11 is 0. The number of phenolic OH excluding ortho intramolecular Hbond substituents is 4. The van der Waals surface area contributed by atoms with Crippen LogP contribution in [0.4, 0.5) is 0 Å². The number of carbonyl (C=O) groups excluding carboxylic acids is 1. The van der Waals surface area contributed by atoms with Gasteiger partial charge in [-0.3, -0.25) is 4.79 Å². The number of aliphatic hydroxyl groups is 1. The predicted molar refractivity (Wildman–Crippen MR) is 162 cm³/mol. The van der Waals surface area contributed by atoms with E-state index in [9.17, 15) is 30.3 Å². The molecule has 0 aliphatic carbocycles. The van der Waals surface area contributed by atoms with Crippen molar-refractivity contribution >= 4 is 11.9 Å². The fourth-order valence-electron chi connectivity index (χ4n) is 4.71. The molecule has 0 bridgehead atoms. The summed E-state index contributed by atoms with van der Waals surface area (Å²) in [4.78, 5) is 13.3. The van der Waals surface area contributed by atoms with Gasteiger partial charge in [-0.25, -0.2) is 0 Å². The summed E-state index contributed by atoms with van der Waals surface area (Å²) in [6.45, 7) is 0. The van der Waals surface area contributed by atoms with Gasteiger partial charge in [-0.1, -0.05) is 72.8 Å². The lowest BCUT2D eigenvalue weighted by molar-refractivity contribution is 0.104. The van der Waals surface area contributed by atoms with Crippen LogP contribution in [0.3, 0.4) is 0 Å². The minimum Gasteiger partial charge on any atom is -0.508 e. The third-order valence-electron chi connectivity index (χ3n) is 6.98. The van der Waals surface area contributed by atoms with Gasteiger partial charge in [0.25, 0.3) is 0 Å². The molecule has 0 fully saturated rings. The second-order valence-corrected chi connectivity index (χ2v) is 9.94. The van der Waals surface area contributed by atoms with E-state index in [1.165, 1.54) is 31.4 Å². The maximum Gasteiger partial charge on any atom is 0.193 e. The Labute approximate surface area is 244 Å². The number of carbonyl (C=O) groups is 1. The van der Waals surface area contributed by atoms with E-state index in [0.717, 1.165) is 11.1 Å². The zero-order valence-electron chi connectivity index (χ0n) is 23.2. The van der Waals surface area contributed by atoms with Crippen LogP contribution in [-0.4, -0.2) is 44.5 Å². The van der Waals surface area contributed by atoms with Crippen LogP contribution in [0.2, 0.25) is 0 Å². The highest BCUT2D eigenvalue weighted by atomic mass is 16.5. The predicted octanol–water partition coefficient (Wildman–Crippen LogP) is 6.49. The quantitative estimate of drug-likeness (QED) is 0.0754. The lowest BCUT2D eigenvalue weighted by Crippen LogP contribution is -2.08. The summed E-state index contributed by atoms with van der Waals surface area (Å²) < 4.78 is 5.35. The highest BCUT2D eigenvalue weighted by Gasteiger charge is 2.27. The number of hydrogen-bond acceptors (Lipinski definition) is 7. The van der Waals surface area contributed by atoms with Crippen molar-refractivity contribution in [3.8, 4) is 28.7 Å². The number of ketones is 1. The summed E-state index contributed by atoms with van der Waals surface area (Å²) in [5.74, 6) is -1.49. The molecule has 4 rings (SSSR count). The second kappa shape index (κ2) is 14.1. The van der Waals surface area contributed by atoms with Crippen LogP contribution in [0.25, 0.3) is 6.08 Å². The molecule has 0 unspecified atom stereocenters. The molecule has 7 nitrogen and oxygen atoms in total. The molecule has 42 heavy (non-hydrogen) atoms. The minimum absolute atomic E-state index is 0.0227. The number of allylic oxidation sites excluding steroid dienone is 2. The van der Waals surface area contributed by atoms with Gasteiger partial charge >= 0.3 is 0 Å². The van der Waals surface area contributed by atoms with E-state index < -0.39 is 23.6 Å². The topological polar surface area (TPSA) is 127 Å². The van der Waals surface area contributed by atoms with Crippen LogP contribution in [0.15, 0.2) is 103 Å². The second-order valence-electron chi connectivity index (χ2n) is 9.94. The Kier molecular flexibility index (Phi) is 10.0. The molecule has 216 valence electrons. The Morgan fingerprint density at radius 3 is 2.17 bits per heavy atom. The molecule has 0 aliphatic rings. The largest absolute Gasteiger partial charge is 0.508 e. The molecule has 4 aromatic rings. The average molecular weight is 567 g/mol. The van der Waals surface area contributed by atoms with Crippen LogP contribution in [0, 0.1) is 0 Å². The number of aromatic hydroxyl groups is 4. The summed E-state index contributed by atoms with van der Waals surface area (Å²) in [6, 6.07) is 23.7. The molecule has 4 aromatic carbocycles. The molecule has 0 saturated carbocycles. The number of aryl methyl sites for hydroxylation is 1. The number of aliphatic hydroxyl groups excluding tert-OH is 1. The summed E-state index contributed by atoms with van der Waals surface area (Å²) in [6.07, 6.45) is 7.29. The van der Waals surface area contributed by atoms with E-state index in [0.29, 0.717) is 24.8 Å². The third kappa shape index (κ3) is 7.59. The molecule has 0 radical (unpaired) electrons. The molecule has 0 saturated heterocycles. The summed E-state index contributed by atoms with van der Waals surface area (Å²) in [5, 5.41) is 52.0. The van der Waals surface area contributed by atoms with Crippen molar-refractivity contribution < 1.29 is 35.1 Å². The Morgan fingerprint density at radius 2 is 1.52 bits per heavy atom. The van der Waals surface area contributed by atoms with E-state index in [4.69, 9.17) is 4.74 Å². The van der Waals surface area contributed by atoms with Gasteiger partial charge in [0.05, 0.1) is 13.2 Å². The summed E-state index contributed by atoms with van der Waals surface area (Å²) in [7, 11) is 1.35. The fraction of sp³-hybridized carbons (Fsp3) is 0.171. The standard InChI is InChI=1S/C35H34O7/c1-42-32-22-31(40)33(35(41)34(32)30(39)21-15-24-13-19-28(38)20-14-24)29(25-6-3-2-4-7-25)9-5-8-26(36)16-10-23-11-17-27(37)18-12-23/h2-7,9,11-15,17-22,26,29,36-38,40-41H,8,10,16H2,1H3/b9-5+,21-15+/t26-,29+/m1/s1. The van der Waals surface area contributed by atoms with Gasteiger partial charge in [-0.15, -0.1) is 0 Å². The molecule has 2 atom stereocenters. The van der Waals surface area contributed by atoms with Crippen molar-refractivity contribution in [3.63, 3.8) is 0 Å². The highest BCUT2D eigenvalue weighted by Crippen LogP contribution is 2.45. The van der Waals surface area contributed by atoms with E-state index in [1.807, 2.05) is 42.5 Å². The SMILES string of the molecule is COc1cc(O)c([C@@H](/C=C/C[C@@H](O)CCc2ccc(O)cc2)c2ccccc2)c(O)c1C(=O)/C=C/c1ccc(O)cc1. The molecule has 0 spiro atoms. The molecule has 0 aromatic heterocycles. The molecule has 0 amide bonds. The van der Waals surface area contributed by atoms with Gasteiger partial charge < -0.3 is 30.3 Å². The van der Waals surface area contributed by atoms with Crippen molar-refractivity contribution in [2.45, 2.75) is 31.3 Å². The maximum absolute atomic E-state index is 13.3. The van der Waals surface area contributed by atoms with Crippen molar-refractivity contribution in [2.75, 3.05) is 7.11 Å². The van der Waals surface area contributed by atoms with E-state index >= 15 is 0 Å². The van der Waals surface area contributed by atoms with Gasteiger partial charge in [-0.2, -0.15) is 0 Å². The zero-order chi connectivity index (χ0) is 30.1. The van der Waals surface area contributed by atoms with Crippen LogP contribution in [0.5, 0.6) is 28.7 Å². The summed E-state index contributed by atoms with van der Waals surface area (Å²) in [5.41, 5.74) is 2.48. The average Bonchev–Trinajstić information content (AvgIpc) is 2.99. The molecule has 0 aliphatic heterocycles. The van der Waals surface area contributed by atoms with Crippen LogP contribution < -0.4 is 4.74 Å². The first-order valence-corrected chi connectivity index (χ1v) is 13.6. The van der Waals surface area contributed by atoms with Crippen molar-refractivity contribution in [3.05, 3.63) is 131 Å². The Morgan fingerprint density at radius 1 is 0.881 bits per heavy atom. The van der Waals surface area contributed by atoms with Crippen molar-refractivity contribution in [1.82, 2.24) is 0 Å². The first-order valence-electron chi connectivity index (χ1n) is 13.6. The molecule has 0 heterocycles. The first kappa shape index (κ1) is 30.0. The third-order valence-corrected chi connectivity index (χ3v) is 6.98. The number of hydrogen-bond donors (Lipinski definition) is 5. The van der Waals surface area contributed by atoms with Crippen molar-refractivity contribution in [1.29, 1.82) is 0 Å². The lowest BCUT2D eigenvalue weighted by atomic mass is 9.87. The van der Waals surface area contributed by atoms with Crippen molar-refractivity contribution in [2.24, 2.45) is 0 Å². The van der Waals surface area contributed by atoms with Gasteiger partial charge in [0.1, 0.15) is 34.3 Å².